The van der Waals surface area contributed by atoms with Gasteiger partial charge in [-0.05, 0) is 31.2 Å². The van der Waals surface area contributed by atoms with Crippen LogP contribution in [0.4, 0.5) is 4.39 Å². The van der Waals surface area contributed by atoms with Crippen LogP contribution in [0.3, 0.4) is 0 Å². The Labute approximate surface area is 97.7 Å². The molecule has 1 heterocycles. The monoisotopic (exact) mass is 230 g/mol. The molecule has 0 aliphatic rings. The van der Waals surface area contributed by atoms with Crippen LogP contribution in [-0.2, 0) is 7.05 Å². The molecule has 1 aromatic heterocycles. The Morgan fingerprint density at radius 3 is 2.76 bits per heavy atom. The minimum absolute atomic E-state index is 0.210. The second kappa shape index (κ2) is 4.02. The van der Waals surface area contributed by atoms with Crippen LogP contribution in [0.15, 0.2) is 29.1 Å². The van der Waals surface area contributed by atoms with E-state index < -0.39 is 5.92 Å². The summed E-state index contributed by atoms with van der Waals surface area (Å²) in [5.41, 5.74) is 0.844. The van der Waals surface area contributed by atoms with Crippen molar-refractivity contribution in [1.29, 1.82) is 5.26 Å². The number of aryl methyl sites for hydroxylation is 1. The number of hydrogen-bond donors (Lipinski definition) is 0. The molecule has 3 nitrogen and oxygen atoms in total. The first-order valence-corrected chi connectivity index (χ1v) is 5.23. The average Bonchev–Trinajstić information content (AvgIpc) is 2.32. The van der Waals surface area contributed by atoms with E-state index in [-0.39, 0.29) is 11.4 Å². The van der Waals surface area contributed by atoms with Gasteiger partial charge in [-0.15, -0.1) is 0 Å². The van der Waals surface area contributed by atoms with Crippen molar-refractivity contribution in [2.45, 2.75) is 12.8 Å². The zero-order valence-corrected chi connectivity index (χ0v) is 9.57. The second-order valence-electron chi connectivity index (χ2n) is 4.02. The molecule has 2 aromatic rings. The third kappa shape index (κ3) is 1.80. The molecule has 4 heteroatoms. The van der Waals surface area contributed by atoms with Gasteiger partial charge in [0.2, 0.25) is 0 Å². The number of halogens is 1. The number of hydrogen-bond acceptors (Lipinski definition) is 2. The fourth-order valence-electron chi connectivity index (χ4n) is 1.86. The van der Waals surface area contributed by atoms with E-state index in [1.54, 1.807) is 26.1 Å². The third-order valence-corrected chi connectivity index (χ3v) is 2.87. The Balaban J connectivity index is 2.86. The maximum absolute atomic E-state index is 13.1. The Bertz CT molecular complexity index is 682. The fourth-order valence-corrected chi connectivity index (χ4v) is 1.86. The van der Waals surface area contributed by atoms with Crippen molar-refractivity contribution in [1.82, 2.24) is 4.57 Å². The highest BCUT2D eigenvalue weighted by Crippen LogP contribution is 2.18. The van der Waals surface area contributed by atoms with E-state index in [1.807, 2.05) is 6.07 Å². The molecule has 1 unspecified atom stereocenters. The highest BCUT2D eigenvalue weighted by molar-refractivity contribution is 5.79. The molecule has 0 N–H and O–H groups in total. The molecule has 0 saturated heterocycles. The van der Waals surface area contributed by atoms with Crippen molar-refractivity contribution in [3.8, 4) is 6.07 Å². The standard InChI is InChI=1S/C13H11FN2O/c1-8(7-15)11-6-9-5-10(14)3-4-12(9)16(2)13(11)17/h3-6,8H,1-2H3. The van der Waals surface area contributed by atoms with E-state index in [0.717, 1.165) is 0 Å². The Morgan fingerprint density at radius 1 is 1.41 bits per heavy atom. The van der Waals surface area contributed by atoms with Gasteiger partial charge >= 0.3 is 0 Å². The largest absolute Gasteiger partial charge is 0.311 e. The molecule has 86 valence electrons. The van der Waals surface area contributed by atoms with Gasteiger partial charge < -0.3 is 4.57 Å². The van der Waals surface area contributed by atoms with Crippen LogP contribution in [0.2, 0.25) is 0 Å². The van der Waals surface area contributed by atoms with Gasteiger partial charge in [0.25, 0.3) is 5.56 Å². The molecule has 0 radical (unpaired) electrons. The summed E-state index contributed by atoms with van der Waals surface area (Å²) >= 11 is 0. The summed E-state index contributed by atoms with van der Waals surface area (Å²) in [6, 6.07) is 7.85. The molecule has 0 saturated carbocycles. The fraction of sp³-hybridized carbons (Fsp3) is 0.231. The minimum atomic E-state index is -0.499. The summed E-state index contributed by atoms with van der Waals surface area (Å²) in [5.74, 6) is -0.854. The smallest absolute Gasteiger partial charge is 0.255 e. The van der Waals surface area contributed by atoms with E-state index in [4.69, 9.17) is 5.26 Å². The molecular weight excluding hydrogens is 219 g/mol. The lowest BCUT2D eigenvalue weighted by Gasteiger charge is -2.09. The molecule has 1 atom stereocenters. The molecule has 0 spiro atoms. The number of fused-ring (bicyclic) bond motifs is 1. The molecule has 0 aliphatic carbocycles. The predicted molar refractivity (Wildman–Crippen MR) is 63.2 cm³/mol. The maximum Gasteiger partial charge on any atom is 0.255 e. The van der Waals surface area contributed by atoms with Gasteiger partial charge in [-0.25, -0.2) is 4.39 Å². The van der Waals surface area contributed by atoms with Crippen LogP contribution in [0.25, 0.3) is 10.9 Å². The Hall–Kier alpha value is -2.15. The van der Waals surface area contributed by atoms with Crippen LogP contribution in [-0.4, -0.2) is 4.57 Å². The number of benzene rings is 1. The molecule has 0 fully saturated rings. The highest BCUT2D eigenvalue weighted by atomic mass is 19.1. The SMILES string of the molecule is CC(C#N)c1cc2cc(F)ccc2n(C)c1=O. The summed E-state index contributed by atoms with van der Waals surface area (Å²) in [6.45, 7) is 1.65. The summed E-state index contributed by atoms with van der Waals surface area (Å²) in [6.07, 6.45) is 0. The molecule has 1 aromatic carbocycles. The first-order valence-electron chi connectivity index (χ1n) is 5.23. The van der Waals surface area contributed by atoms with Crippen molar-refractivity contribution < 1.29 is 4.39 Å². The number of aromatic nitrogens is 1. The van der Waals surface area contributed by atoms with Gasteiger partial charge in [-0.2, -0.15) is 5.26 Å². The molecule has 2 rings (SSSR count). The number of nitrogens with zero attached hydrogens (tertiary/aromatic N) is 2. The van der Waals surface area contributed by atoms with Gasteiger partial charge in [0.05, 0.1) is 17.5 Å². The zero-order chi connectivity index (χ0) is 12.6. The van der Waals surface area contributed by atoms with E-state index in [0.29, 0.717) is 16.5 Å². The van der Waals surface area contributed by atoms with Gasteiger partial charge in [0.15, 0.2) is 0 Å². The van der Waals surface area contributed by atoms with Gasteiger partial charge in [-0.3, -0.25) is 4.79 Å². The summed E-state index contributed by atoms with van der Waals surface area (Å²) in [5, 5.41) is 9.49. The summed E-state index contributed by atoms with van der Waals surface area (Å²) < 4.78 is 14.6. The van der Waals surface area contributed by atoms with Crippen LogP contribution in [0, 0.1) is 17.1 Å². The quantitative estimate of drug-likeness (QED) is 0.754. The maximum atomic E-state index is 13.1. The lowest BCUT2D eigenvalue weighted by molar-refractivity contribution is 0.629. The van der Waals surface area contributed by atoms with Crippen LogP contribution < -0.4 is 5.56 Å². The third-order valence-electron chi connectivity index (χ3n) is 2.87. The van der Waals surface area contributed by atoms with Crippen molar-refractivity contribution in [3.05, 3.63) is 46.0 Å². The Morgan fingerprint density at radius 2 is 2.12 bits per heavy atom. The molecular formula is C13H11FN2O. The van der Waals surface area contributed by atoms with Gasteiger partial charge in [0, 0.05) is 18.0 Å². The van der Waals surface area contributed by atoms with Crippen LogP contribution >= 0.6 is 0 Å². The average molecular weight is 230 g/mol. The van der Waals surface area contributed by atoms with E-state index >= 15 is 0 Å². The predicted octanol–water partition coefficient (Wildman–Crippen LogP) is 2.30. The topological polar surface area (TPSA) is 45.8 Å². The van der Waals surface area contributed by atoms with Crippen LogP contribution in [0.5, 0.6) is 0 Å². The molecule has 0 amide bonds. The van der Waals surface area contributed by atoms with Crippen molar-refractivity contribution >= 4 is 10.9 Å². The number of rotatable bonds is 1. The number of nitriles is 1. The minimum Gasteiger partial charge on any atom is -0.311 e. The van der Waals surface area contributed by atoms with Crippen molar-refractivity contribution in [3.63, 3.8) is 0 Å². The molecule has 0 bridgehead atoms. The molecule has 17 heavy (non-hydrogen) atoms. The van der Waals surface area contributed by atoms with Crippen molar-refractivity contribution in [2.24, 2.45) is 7.05 Å². The first kappa shape index (κ1) is 11.3. The van der Waals surface area contributed by atoms with E-state index in [2.05, 4.69) is 0 Å². The van der Waals surface area contributed by atoms with Gasteiger partial charge in [-0.1, -0.05) is 0 Å². The van der Waals surface area contributed by atoms with Crippen molar-refractivity contribution in [2.75, 3.05) is 0 Å². The van der Waals surface area contributed by atoms with Crippen LogP contribution in [0.1, 0.15) is 18.4 Å². The lowest BCUT2D eigenvalue weighted by atomic mass is 10.0. The van der Waals surface area contributed by atoms with E-state index in [1.165, 1.54) is 16.7 Å². The second-order valence-corrected chi connectivity index (χ2v) is 4.02. The normalized spacial score (nSPS) is 12.4. The summed E-state index contributed by atoms with van der Waals surface area (Å²) in [7, 11) is 1.62. The zero-order valence-electron chi connectivity index (χ0n) is 9.57. The lowest BCUT2D eigenvalue weighted by Crippen LogP contribution is -2.22. The van der Waals surface area contributed by atoms with Gasteiger partial charge in [0.1, 0.15) is 5.82 Å². The van der Waals surface area contributed by atoms with E-state index in [9.17, 15) is 9.18 Å². The summed E-state index contributed by atoms with van der Waals surface area (Å²) in [4.78, 5) is 12.0. The first-order chi connectivity index (χ1) is 8.04. The Kier molecular flexibility index (Phi) is 2.68. The highest BCUT2D eigenvalue weighted by Gasteiger charge is 2.12. The number of pyridine rings is 1. The molecule has 0 aliphatic heterocycles.